The minimum Gasteiger partial charge on any atom is -0.386 e. The number of aromatic nitrogens is 3. The van der Waals surface area contributed by atoms with Crippen LogP contribution in [0.4, 0.5) is 36.2 Å². The van der Waals surface area contributed by atoms with Crippen molar-refractivity contribution in [2.24, 2.45) is 0 Å². The molecule has 3 heterocycles. The molecule has 1 aliphatic rings. The number of rotatable bonds is 5. The molecule has 1 aliphatic heterocycles. The normalized spacial score (nSPS) is 14.0. The molecular weight excluding hydrogens is 453 g/mol. The summed E-state index contributed by atoms with van der Waals surface area (Å²) in [7, 11) is 0. The van der Waals surface area contributed by atoms with Crippen LogP contribution in [0.15, 0.2) is 42.9 Å². The summed E-state index contributed by atoms with van der Waals surface area (Å²) in [5.41, 5.74) is -0.974. The molecule has 9 nitrogen and oxygen atoms in total. The lowest BCUT2D eigenvalue weighted by atomic mass is 10.0. The van der Waals surface area contributed by atoms with Crippen LogP contribution >= 0.6 is 0 Å². The van der Waals surface area contributed by atoms with Gasteiger partial charge in [0, 0.05) is 35.6 Å². The van der Waals surface area contributed by atoms with E-state index in [0.29, 0.717) is 35.9 Å². The van der Waals surface area contributed by atoms with Crippen molar-refractivity contribution >= 4 is 23.0 Å². The van der Waals surface area contributed by atoms with Gasteiger partial charge in [-0.25, -0.2) is 15.0 Å². The number of anilines is 3. The Morgan fingerprint density at radius 3 is 2.53 bits per heavy atom. The van der Waals surface area contributed by atoms with Crippen molar-refractivity contribution in [1.82, 2.24) is 15.0 Å². The van der Waals surface area contributed by atoms with Crippen molar-refractivity contribution in [3.8, 4) is 0 Å². The molecule has 34 heavy (non-hydrogen) atoms. The van der Waals surface area contributed by atoms with Crippen LogP contribution in [0, 0.1) is 10.1 Å². The van der Waals surface area contributed by atoms with Gasteiger partial charge in [-0.15, -0.1) is 0 Å². The van der Waals surface area contributed by atoms with Crippen LogP contribution in [-0.2, 0) is 24.7 Å². The van der Waals surface area contributed by atoms with E-state index in [2.05, 4.69) is 20.3 Å². The molecule has 0 amide bonds. The van der Waals surface area contributed by atoms with Gasteiger partial charge in [0.05, 0.1) is 22.8 Å². The summed E-state index contributed by atoms with van der Waals surface area (Å²) in [4.78, 5) is 24.5. The lowest BCUT2D eigenvalue weighted by Crippen LogP contribution is -2.32. The van der Waals surface area contributed by atoms with E-state index in [1.165, 1.54) is 12.4 Å². The van der Waals surface area contributed by atoms with Gasteiger partial charge in [-0.3, -0.25) is 10.1 Å². The molecule has 12 heteroatoms. The van der Waals surface area contributed by atoms with E-state index in [1.54, 1.807) is 37.1 Å². The van der Waals surface area contributed by atoms with Crippen molar-refractivity contribution in [2.75, 3.05) is 16.8 Å². The van der Waals surface area contributed by atoms with E-state index in [-0.39, 0.29) is 12.2 Å². The third-order valence-corrected chi connectivity index (χ3v) is 5.57. The molecule has 0 spiro atoms. The molecule has 0 fully saturated rings. The predicted molar refractivity (Wildman–Crippen MR) is 118 cm³/mol. The number of aliphatic hydroxyl groups is 1. The number of benzene rings is 1. The van der Waals surface area contributed by atoms with Crippen molar-refractivity contribution in [3.05, 3.63) is 75.4 Å². The lowest BCUT2D eigenvalue weighted by molar-refractivity contribution is -0.388. The molecule has 4 rings (SSSR count). The minimum absolute atomic E-state index is 0.215. The molecule has 0 saturated heterocycles. The third kappa shape index (κ3) is 4.76. The van der Waals surface area contributed by atoms with Crippen LogP contribution in [0.2, 0.25) is 0 Å². The second kappa shape index (κ2) is 8.52. The second-order valence-electron chi connectivity index (χ2n) is 8.39. The summed E-state index contributed by atoms with van der Waals surface area (Å²) in [6, 6.07) is 6.46. The standard InChI is InChI=1S/C22H21F3N6O3/c1-21(2,32)13-3-6-19(26-10-13)29-20-15-7-8-30(11-17(15)27-12-28-20)14-4-5-18(31(33)34)16(9-14)22(23,24)25/h3-6,9-10,12,32H,7-8,11H2,1-2H3,(H,26,27,28,29). The Hall–Kier alpha value is -3.80. The van der Waals surface area contributed by atoms with E-state index >= 15 is 0 Å². The Kier molecular flexibility index (Phi) is 5.86. The first-order chi connectivity index (χ1) is 15.9. The number of hydrogen-bond acceptors (Lipinski definition) is 8. The van der Waals surface area contributed by atoms with Gasteiger partial charge in [-0.05, 0) is 38.5 Å². The zero-order chi connectivity index (χ0) is 24.7. The third-order valence-electron chi connectivity index (χ3n) is 5.57. The molecule has 0 saturated carbocycles. The maximum atomic E-state index is 13.4. The Bertz CT molecular complexity index is 1230. The molecule has 2 N–H and O–H groups in total. The molecular formula is C22H21F3N6O3. The SMILES string of the molecule is CC(C)(O)c1ccc(Nc2ncnc3c2CCN(c2ccc([N+](=O)[O-])c(C(F)(F)F)c2)C3)nc1. The molecule has 0 aliphatic carbocycles. The average Bonchev–Trinajstić information content (AvgIpc) is 2.77. The van der Waals surface area contributed by atoms with Gasteiger partial charge in [-0.2, -0.15) is 13.2 Å². The summed E-state index contributed by atoms with van der Waals surface area (Å²) < 4.78 is 40.1. The second-order valence-corrected chi connectivity index (χ2v) is 8.39. The van der Waals surface area contributed by atoms with E-state index in [4.69, 9.17) is 0 Å². The van der Waals surface area contributed by atoms with Crippen molar-refractivity contribution in [1.29, 1.82) is 0 Å². The topological polar surface area (TPSA) is 117 Å². The van der Waals surface area contributed by atoms with Gasteiger partial charge in [-0.1, -0.05) is 6.07 Å². The highest BCUT2D eigenvalue weighted by atomic mass is 19.4. The van der Waals surface area contributed by atoms with Crippen LogP contribution < -0.4 is 10.2 Å². The number of nitro benzene ring substituents is 1. The molecule has 0 bridgehead atoms. The molecule has 0 unspecified atom stereocenters. The zero-order valence-electron chi connectivity index (χ0n) is 18.3. The quantitative estimate of drug-likeness (QED) is 0.415. The fraction of sp³-hybridized carbons (Fsp3) is 0.318. The van der Waals surface area contributed by atoms with Crippen molar-refractivity contribution < 1.29 is 23.2 Å². The van der Waals surface area contributed by atoms with Gasteiger partial charge in [0.2, 0.25) is 0 Å². The first-order valence-electron chi connectivity index (χ1n) is 10.3. The van der Waals surface area contributed by atoms with Crippen molar-refractivity contribution in [3.63, 3.8) is 0 Å². The number of fused-ring (bicyclic) bond motifs is 1. The zero-order valence-corrected chi connectivity index (χ0v) is 18.3. The summed E-state index contributed by atoms with van der Waals surface area (Å²) >= 11 is 0. The number of halogens is 3. The van der Waals surface area contributed by atoms with Crippen LogP contribution in [0.5, 0.6) is 0 Å². The number of hydrogen-bond donors (Lipinski definition) is 2. The molecule has 0 radical (unpaired) electrons. The molecule has 0 atom stereocenters. The first kappa shape index (κ1) is 23.4. The highest BCUT2D eigenvalue weighted by Gasteiger charge is 2.39. The fourth-order valence-corrected chi connectivity index (χ4v) is 3.74. The van der Waals surface area contributed by atoms with Crippen molar-refractivity contribution in [2.45, 2.75) is 38.6 Å². The number of nitro groups is 1. The smallest absolute Gasteiger partial charge is 0.386 e. The van der Waals surface area contributed by atoms with Crippen LogP contribution in [0.3, 0.4) is 0 Å². The Morgan fingerprint density at radius 1 is 1.15 bits per heavy atom. The maximum absolute atomic E-state index is 13.4. The maximum Gasteiger partial charge on any atom is 0.423 e. The van der Waals surface area contributed by atoms with Gasteiger partial charge >= 0.3 is 6.18 Å². The summed E-state index contributed by atoms with van der Waals surface area (Å²) in [6.07, 6.45) is -1.49. The van der Waals surface area contributed by atoms with Gasteiger partial charge in [0.15, 0.2) is 0 Å². The summed E-state index contributed by atoms with van der Waals surface area (Å²) in [5, 5.41) is 24.2. The largest absolute Gasteiger partial charge is 0.423 e. The molecule has 3 aromatic rings. The average molecular weight is 474 g/mol. The van der Waals surface area contributed by atoms with E-state index in [1.807, 2.05) is 0 Å². The highest BCUT2D eigenvalue weighted by molar-refractivity contribution is 5.61. The van der Waals surface area contributed by atoms with E-state index in [9.17, 15) is 28.4 Å². The van der Waals surface area contributed by atoms with Crippen LogP contribution in [-0.4, -0.2) is 31.5 Å². The molecule has 2 aromatic heterocycles. The van der Waals surface area contributed by atoms with Gasteiger partial charge < -0.3 is 15.3 Å². The number of nitrogens with zero attached hydrogens (tertiary/aromatic N) is 5. The summed E-state index contributed by atoms with van der Waals surface area (Å²) in [5.74, 6) is 1.05. The minimum atomic E-state index is -4.85. The Morgan fingerprint density at radius 2 is 1.91 bits per heavy atom. The fourth-order valence-electron chi connectivity index (χ4n) is 3.74. The van der Waals surface area contributed by atoms with E-state index < -0.39 is 28.0 Å². The molecule has 178 valence electrons. The van der Waals surface area contributed by atoms with Crippen LogP contribution in [0.1, 0.15) is 36.2 Å². The van der Waals surface area contributed by atoms with Gasteiger partial charge in [0.25, 0.3) is 5.69 Å². The van der Waals surface area contributed by atoms with Crippen LogP contribution in [0.25, 0.3) is 0 Å². The highest BCUT2D eigenvalue weighted by Crippen LogP contribution is 2.39. The summed E-state index contributed by atoms with van der Waals surface area (Å²) in [6.45, 7) is 3.90. The predicted octanol–water partition coefficient (Wildman–Crippen LogP) is 4.33. The lowest BCUT2D eigenvalue weighted by Gasteiger charge is -2.31. The number of alkyl halides is 3. The molecule has 1 aromatic carbocycles. The first-order valence-corrected chi connectivity index (χ1v) is 10.3. The van der Waals surface area contributed by atoms with E-state index in [0.717, 1.165) is 17.7 Å². The Labute approximate surface area is 192 Å². The van der Waals surface area contributed by atoms with Gasteiger partial charge in [0.1, 0.15) is 23.5 Å². The number of pyridine rings is 1. The number of nitrogens with one attached hydrogen (secondary N) is 1. The Balaban J connectivity index is 1.58. The monoisotopic (exact) mass is 474 g/mol.